The number of hydrogen-bond donors (Lipinski definition) is 11. The average molecular weight is 707 g/mol. The Hall–Kier alpha value is -4.45. The van der Waals surface area contributed by atoms with E-state index < -0.39 is 0 Å². The summed E-state index contributed by atoms with van der Waals surface area (Å²) in [5.41, 5.74) is 13.7. The summed E-state index contributed by atoms with van der Waals surface area (Å²) >= 11 is 0. The van der Waals surface area contributed by atoms with Crippen molar-refractivity contribution in [2.75, 3.05) is 64.8 Å². The van der Waals surface area contributed by atoms with Gasteiger partial charge in [-0.1, -0.05) is 31.2 Å². The number of rotatable bonds is 17. The molecule has 0 radical (unpaired) electrons. The van der Waals surface area contributed by atoms with Crippen molar-refractivity contribution in [1.82, 2.24) is 42.0 Å². The summed E-state index contributed by atoms with van der Waals surface area (Å²) in [4.78, 5) is 25.1. The van der Waals surface area contributed by atoms with Crippen molar-refractivity contribution in [3.05, 3.63) is 76.9 Å². The first-order valence-electron chi connectivity index (χ1n) is 17.2. The van der Waals surface area contributed by atoms with Gasteiger partial charge in [0.15, 0.2) is 5.78 Å². The molecular weight excluding hydrogens is 652 g/mol. The molecule has 0 atom stereocenters. The fourth-order valence-electron chi connectivity index (χ4n) is 5.30. The van der Waals surface area contributed by atoms with E-state index in [9.17, 15) is 14.7 Å². The van der Waals surface area contributed by atoms with E-state index in [1.807, 2.05) is 75.0 Å². The van der Waals surface area contributed by atoms with Gasteiger partial charge in [-0.15, -0.1) is 0 Å². The third kappa shape index (κ3) is 11.5. The van der Waals surface area contributed by atoms with Gasteiger partial charge in [-0.05, 0) is 56.8 Å². The van der Waals surface area contributed by atoms with Crippen LogP contribution in [0.1, 0.15) is 52.6 Å². The molecule has 0 unspecified atom stereocenters. The minimum absolute atomic E-state index is 0.0249. The highest BCUT2D eigenvalue weighted by molar-refractivity contribution is 6.28. The minimum atomic E-state index is -0.227. The summed E-state index contributed by atoms with van der Waals surface area (Å²) < 4.78 is 1.86. The number of carbonyl (C=O) groups excluding carboxylic acids is 2. The van der Waals surface area contributed by atoms with Gasteiger partial charge >= 0.3 is 0 Å². The number of phenols is 1. The smallest absolute Gasteiger partial charge is 0.251 e. The summed E-state index contributed by atoms with van der Waals surface area (Å²) in [6.45, 7) is 11.0. The van der Waals surface area contributed by atoms with Crippen LogP contribution in [0, 0.1) is 0 Å². The number of anilines is 1. The van der Waals surface area contributed by atoms with Crippen LogP contribution in [0.2, 0.25) is 0 Å². The topological polar surface area (TPSA) is 223 Å². The maximum absolute atomic E-state index is 13.5. The number of amides is 1. The molecule has 0 bridgehead atoms. The van der Waals surface area contributed by atoms with Gasteiger partial charge in [-0.2, -0.15) is 5.10 Å². The molecule has 15 heteroatoms. The van der Waals surface area contributed by atoms with Crippen LogP contribution >= 0.6 is 0 Å². The highest BCUT2D eigenvalue weighted by Crippen LogP contribution is 2.44. The number of fused-ring (bicyclic) bond motifs is 2. The fraction of sp³-hybridized carbons (Fsp3) is 0.417. The second kappa shape index (κ2) is 21.7. The minimum Gasteiger partial charge on any atom is -0.507 e. The maximum atomic E-state index is 13.5. The zero-order valence-electron chi connectivity index (χ0n) is 30.0. The van der Waals surface area contributed by atoms with Crippen LogP contribution in [-0.2, 0) is 13.1 Å². The van der Waals surface area contributed by atoms with Crippen molar-refractivity contribution in [2.24, 2.45) is 5.84 Å². The number of aromatic nitrogens is 2. The lowest BCUT2D eigenvalue weighted by Gasteiger charge is -2.19. The van der Waals surface area contributed by atoms with Gasteiger partial charge in [0, 0.05) is 74.1 Å². The number of benzene rings is 3. The van der Waals surface area contributed by atoms with Gasteiger partial charge in [0.05, 0.1) is 36.4 Å². The molecule has 3 aromatic carbocycles. The zero-order chi connectivity index (χ0) is 37.2. The van der Waals surface area contributed by atoms with E-state index in [0.29, 0.717) is 67.3 Å². The quantitative estimate of drug-likeness (QED) is 0.0370. The number of phenolic OH excluding ortho intramolecular Hbond substituents is 1. The summed E-state index contributed by atoms with van der Waals surface area (Å²) in [6.07, 6.45) is 0. The molecule has 278 valence electrons. The molecule has 1 heterocycles. The summed E-state index contributed by atoms with van der Waals surface area (Å²) in [5.74, 6) is 4.47. The lowest BCUT2D eigenvalue weighted by molar-refractivity contribution is 0.0942. The first-order chi connectivity index (χ1) is 24.7. The molecule has 0 aliphatic heterocycles. The molecule has 1 aliphatic carbocycles. The Morgan fingerprint density at radius 2 is 1.61 bits per heavy atom. The van der Waals surface area contributed by atoms with Crippen molar-refractivity contribution in [3.63, 3.8) is 0 Å². The fourth-order valence-corrected chi connectivity index (χ4v) is 5.30. The SMILES string of the molecule is CCNN.CNNCc1ccc(C(=O)NC(C)C)cc1.O=C1c2c(O)cccc2-c2nn(CCNCCO)c3ccc(NCCNCCO)c1c23. The van der Waals surface area contributed by atoms with Crippen molar-refractivity contribution in [2.45, 2.75) is 39.9 Å². The van der Waals surface area contributed by atoms with Crippen molar-refractivity contribution < 1.29 is 24.9 Å². The number of nitrogens with one attached hydrogen (secondary N) is 7. The summed E-state index contributed by atoms with van der Waals surface area (Å²) in [6, 6.07) is 16.6. The summed E-state index contributed by atoms with van der Waals surface area (Å²) in [7, 11) is 1.82. The number of aromatic hydroxyl groups is 1. The van der Waals surface area contributed by atoms with Crippen LogP contribution in [0.4, 0.5) is 5.69 Å². The van der Waals surface area contributed by atoms with Crippen LogP contribution in [0.25, 0.3) is 22.2 Å². The number of hydrazine groups is 2. The number of nitrogens with zero attached hydrogens (tertiary/aromatic N) is 2. The van der Waals surface area contributed by atoms with Gasteiger partial charge in [0.25, 0.3) is 5.91 Å². The Bertz CT molecular complexity index is 1680. The summed E-state index contributed by atoms with van der Waals surface area (Å²) in [5, 5.41) is 46.3. The number of nitrogens with two attached hydrogens (primary N) is 1. The van der Waals surface area contributed by atoms with Gasteiger partial charge in [0.1, 0.15) is 11.4 Å². The third-order valence-electron chi connectivity index (χ3n) is 7.67. The average Bonchev–Trinajstić information content (AvgIpc) is 3.50. The normalized spacial score (nSPS) is 11.4. The molecule has 0 fully saturated rings. The standard InChI is InChI=1S/C22H27N5O4.C12H19N3O.C2H8N2/c28-12-9-23-6-7-25-15-4-5-16-20-19(15)22(31)18-14(2-1-3-17(18)30)21(20)26-27(16)11-8-24-10-13-29;1-9(2)15-12(16)11-6-4-10(5-7-11)8-14-13-3;1-2-4-3/h1-5,23-25,28-30H,6-13H2;4-7,9,13-14H,8H2,1-3H3,(H,15,16);4H,2-3H2,1H3. The predicted octanol–water partition coefficient (Wildman–Crippen LogP) is 1.05. The predicted molar refractivity (Wildman–Crippen MR) is 201 cm³/mol. The maximum Gasteiger partial charge on any atom is 0.251 e. The van der Waals surface area contributed by atoms with Crippen LogP contribution < -0.4 is 43.4 Å². The molecule has 0 saturated heterocycles. The highest BCUT2D eigenvalue weighted by Gasteiger charge is 2.33. The Morgan fingerprint density at radius 1 is 0.922 bits per heavy atom. The molecule has 12 N–H and O–H groups in total. The second-order valence-electron chi connectivity index (χ2n) is 11.8. The Kier molecular flexibility index (Phi) is 17.4. The lowest BCUT2D eigenvalue weighted by Crippen LogP contribution is -2.30. The van der Waals surface area contributed by atoms with Crippen molar-refractivity contribution in [3.8, 4) is 17.0 Å². The van der Waals surface area contributed by atoms with Gasteiger partial charge < -0.3 is 36.6 Å². The monoisotopic (exact) mass is 706 g/mol. The van der Waals surface area contributed by atoms with E-state index in [2.05, 4.69) is 37.5 Å². The molecular formula is C36H54N10O5. The molecule has 1 aliphatic rings. The largest absolute Gasteiger partial charge is 0.507 e. The lowest BCUT2D eigenvalue weighted by atomic mass is 9.86. The Morgan fingerprint density at radius 3 is 2.24 bits per heavy atom. The number of aliphatic hydroxyl groups excluding tert-OH is 2. The first kappa shape index (κ1) is 41.0. The number of ketones is 1. The second-order valence-corrected chi connectivity index (χ2v) is 11.8. The van der Waals surface area contributed by atoms with E-state index >= 15 is 0 Å². The highest BCUT2D eigenvalue weighted by atomic mass is 16.3. The molecule has 1 amide bonds. The third-order valence-corrected chi connectivity index (χ3v) is 7.67. The Balaban J connectivity index is 0.000000294. The van der Waals surface area contributed by atoms with Crippen molar-refractivity contribution >= 4 is 28.3 Å². The first-order valence-corrected chi connectivity index (χ1v) is 17.2. The number of hydrogen-bond acceptors (Lipinski definition) is 13. The molecule has 0 saturated carbocycles. The molecule has 5 rings (SSSR count). The molecule has 15 nitrogen and oxygen atoms in total. The zero-order valence-corrected chi connectivity index (χ0v) is 30.0. The van der Waals surface area contributed by atoms with Crippen LogP contribution in [0.15, 0.2) is 54.6 Å². The van der Waals surface area contributed by atoms with Crippen LogP contribution in [0.5, 0.6) is 5.75 Å². The molecule has 4 aromatic rings. The van der Waals surface area contributed by atoms with E-state index in [1.165, 1.54) is 6.07 Å². The van der Waals surface area contributed by atoms with E-state index in [1.54, 1.807) is 6.07 Å². The van der Waals surface area contributed by atoms with Gasteiger partial charge in [0.2, 0.25) is 0 Å². The van der Waals surface area contributed by atoms with E-state index in [0.717, 1.165) is 29.6 Å². The van der Waals surface area contributed by atoms with E-state index in [-0.39, 0.29) is 42.3 Å². The molecule has 1 aromatic heterocycles. The van der Waals surface area contributed by atoms with Gasteiger partial charge in [-0.3, -0.25) is 36.4 Å². The van der Waals surface area contributed by atoms with Crippen LogP contribution in [-0.4, -0.2) is 102 Å². The Labute approximate surface area is 299 Å². The van der Waals surface area contributed by atoms with Gasteiger partial charge in [-0.25, -0.2) is 0 Å². The van der Waals surface area contributed by atoms with Crippen molar-refractivity contribution in [1.29, 1.82) is 0 Å². The van der Waals surface area contributed by atoms with E-state index in [4.69, 9.17) is 21.2 Å². The van der Waals surface area contributed by atoms with Crippen LogP contribution in [0.3, 0.4) is 0 Å². The molecule has 51 heavy (non-hydrogen) atoms. The molecule has 0 spiro atoms. The number of carbonyl (C=O) groups is 2. The number of aliphatic hydroxyl groups is 2.